The van der Waals surface area contributed by atoms with E-state index in [-0.39, 0.29) is 11.7 Å². The predicted octanol–water partition coefficient (Wildman–Crippen LogP) is 2.83. The molecule has 0 aliphatic rings. The minimum absolute atomic E-state index is 0.209. The van der Waals surface area contributed by atoms with E-state index in [9.17, 15) is 18.8 Å². The monoisotopic (exact) mass is 415 g/mol. The Kier molecular flexibility index (Phi) is 6.28. The van der Waals surface area contributed by atoms with Gasteiger partial charge in [0.25, 0.3) is 5.56 Å². The van der Waals surface area contributed by atoms with Crippen molar-refractivity contribution in [3.8, 4) is 0 Å². The molecule has 0 bridgehead atoms. The first-order chi connectivity index (χ1) is 13.9. The lowest BCUT2D eigenvalue weighted by atomic mass is 10.2. The molecule has 1 unspecified atom stereocenters. The summed E-state index contributed by atoms with van der Waals surface area (Å²) in [5.41, 5.74) is 0.376. The highest BCUT2D eigenvalue weighted by Gasteiger charge is 2.21. The van der Waals surface area contributed by atoms with Gasteiger partial charge in [-0.2, -0.15) is 0 Å². The van der Waals surface area contributed by atoms with Gasteiger partial charge in [0.15, 0.2) is 5.16 Å². The SMILES string of the molecule is COC(=O)Cn1c(SC(C)C(=O)Nc2cccc(F)c2)nc2ccccc2c1=O. The molecule has 2 aromatic carbocycles. The van der Waals surface area contributed by atoms with E-state index in [1.54, 1.807) is 37.3 Å². The summed E-state index contributed by atoms with van der Waals surface area (Å²) in [7, 11) is 1.23. The van der Waals surface area contributed by atoms with Gasteiger partial charge in [0.05, 0.1) is 23.3 Å². The molecule has 150 valence electrons. The van der Waals surface area contributed by atoms with Gasteiger partial charge in [-0.05, 0) is 37.3 Å². The molecule has 1 aromatic heterocycles. The Morgan fingerprint density at radius 2 is 2.00 bits per heavy atom. The zero-order chi connectivity index (χ0) is 21.0. The number of para-hydroxylation sites is 1. The summed E-state index contributed by atoms with van der Waals surface area (Å²) in [5.74, 6) is -1.47. The van der Waals surface area contributed by atoms with Crippen molar-refractivity contribution in [2.24, 2.45) is 0 Å². The lowest BCUT2D eigenvalue weighted by Crippen LogP contribution is -2.29. The van der Waals surface area contributed by atoms with E-state index < -0.39 is 28.5 Å². The van der Waals surface area contributed by atoms with Crippen LogP contribution in [-0.2, 0) is 20.9 Å². The highest BCUT2D eigenvalue weighted by molar-refractivity contribution is 8.00. The van der Waals surface area contributed by atoms with Crippen LogP contribution in [0.1, 0.15) is 6.92 Å². The lowest BCUT2D eigenvalue weighted by Gasteiger charge is -2.16. The molecule has 7 nitrogen and oxygen atoms in total. The first-order valence-electron chi connectivity index (χ1n) is 8.68. The topological polar surface area (TPSA) is 90.3 Å². The maximum Gasteiger partial charge on any atom is 0.325 e. The van der Waals surface area contributed by atoms with Gasteiger partial charge in [-0.3, -0.25) is 19.0 Å². The molecule has 0 saturated heterocycles. The van der Waals surface area contributed by atoms with Crippen molar-refractivity contribution < 1.29 is 18.7 Å². The standard InChI is InChI=1S/C20H18FN3O4S/c1-12(18(26)22-14-7-5-6-13(21)10-14)29-20-23-16-9-4-3-8-15(16)19(27)24(20)11-17(25)28-2/h3-10,12H,11H2,1-2H3,(H,22,26). The van der Waals surface area contributed by atoms with Crippen molar-refractivity contribution in [2.75, 3.05) is 12.4 Å². The zero-order valence-corrected chi connectivity index (χ0v) is 16.5. The molecular weight excluding hydrogens is 397 g/mol. The Balaban J connectivity index is 1.91. The van der Waals surface area contributed by atoms with Crippen molar-refractivity contribution in [3.63, 3.8) is 0 Å². The number of fused-ring (bicyclic) bond motifs is 1. The minimum Gasteiger partial charge on any atom is -0.468 e. The lowest BCUT2D eigenvalue weighted by molar-refractivity contribution is -0.141. The van der Waals surface area contributed by atoms with Crippen LogP contribution in [0.25, 0.3) is 10.9 Å². The van der Waals surface area contributed by atoms with Crippen LogP contribution >= 0.6 is 11.8 Å². The van der Waals surface area contributed by atoms with Crippen LogP contribution in [0.3, 0.4) is 0 Å². The van der Waals surface area contributed by atoms with Gasteiger partial charge in [0.1, 0.15) is 12.4 Å². The van der Waals surface area contributed by atoms with Crippen LogP contribution in [0.5, 0.6) is 0 Å². The molecule has 0 fully saturated rings. The van der Waals surface area contributed by atoms with Crippen LogP contribution in [0, 0.1) is 5.82 Å². The molecule has 0 saturated carbocycles. The third-order valence-electron chi connectivity index (χ3n) is 4.09. The largest absolute Gasteiger partial charge is 0.468 e. The number of nitrogens with one attached hydrogen (secondary N) is 1. The smallest absolute Gasteiger partial charge is 0.325 e. The number of ether oxygens (including phenoxy) is 1. The number of benzene rings is 2. The summed E-state index contributed by atoms with van der Waals surface area (Å²) < 4.78 is 19.2. The van der Waals surface area contributed by atoms with E-state index in [1.165, 1.54) is 29.9 Å². The molecule has 0 aliphatic carbocycles. The number of anilines is 1. The van der Waals surface area contributed by atoms with Gasteiger partial charge in [0, 0.05) is 5.69 Å². The van der Waals surface area contributed by atoms with Crippen LogP contribution in [0.4, 0.5) is 10.1 Å². The fourth-order valence-electron chi connectivity index (χ4n) is 2.59. The molecule has 1 heterocycles. The number of methoxy groups -OCH3 is 1. The van der Waals surface area contributed by atoms with Gasteiger partial charge in [0.2, 0.25) is 5.91 Å². The van der Waals surface area contributed by atoms with Crippen molar-refractivity contribution in [1.29, 1.82) is 0 Å². The summed E-state index contributed by atoms with van der Waals surface area (Å²) in [6, 6.07) is 12.3. The van der Waals surface area contributed by atoms with Gasteiger partial charge >= 0.3 is 5.97 Å². The van der Waals surface area contributed by atoms with Crippen molar-refractivity contribution >= 4 is 40.2 Å². The molecular formula is C20H18FN3O4S. The highest BCUT2D eigenvalue weighted by Crippen LogP contribution is 2.24. The van der Waals surface area contributed by atoms with Gasteiger partial charge in [-0.15, -0.1) is 0 Å². The fourth-order valence-corrected chi connectivity index (χ4v) is 3.50. The Morgan fingerprint density at radius 3 is 2.72 bits per heavy atom. The number of halogens is 1. The molecule has 9 heteroatoms. The number of thioether (sulfide) groups is 1. The van der Waals surface area contributed by atoms with Crippen LogP contribution < -0.4 is 10.9 Å². The highest BCUT2D eigenvalue weighted by atomic mass is 32.2. The van der Waals surface area contributed by atoms with Crippen LogP contribution in [0.15, 0.2) is 58.5 Å². The summed E-state index contributed by atoms with van der Waals surface area (Å²) >= 11 is 1.02. The molecule has 1 amide bonds. The second-order valence-electron chi connectivity index (χ2n) is 6.14. The number of amides is 1. The van der Waals surface area contributed by atoms with E-state index in [2.05, 4.69) is 15.0 Å². The first kappa shape index (κ1) is 20.5. The van der Waals surface area contributed by atoms with E-state index in [4.69, 9.17) is 0 Å². The predicted molar refractivity (Wildman–Crippen MR) is 108 cm³/mol. The summed E-state index contributed by atoms with van der Waals surface area (Å²) in [5, 5.41) is 2.52. The number of nitrogens with zero attached hydrogens (tertiary/aromatic N) is 2. The van der Waals surface area contributed by atoms with Gasteiger partial charge in [-0.25, -0.2) is 9.37 Å². The van der Waals surface area contributed by atoms with Gasteiger partial charge < -0.3 is 10.1 Å². The molecule has 0 radical (unpaired) electrons. The number of carbonyl (C=O) groups excluding carboxylic acids is 2. The van der Waals surface area contributed by atoms with Crippen LogP contribution in [-0.4, -0.2) is 33.8 Å². The van der Waals surface area contributed by atoms with Gasteiger partial charge in [-0.1, -0.05) is 30.0 Å². The number of aromatic nitrogens is 2. The Hall–Kier alpha value is -3.20. The summed E-state index contributed by atoms with van der Waals surface area (Å²) in [6.07, 6.45) is 0. The molecule has 3 aromatic rings. The maximum atomic E-state index is 13.3. The van der Waals surface area contributed by atoms with E-state index in [0.717, 1.165) is 11.8 Å². The molecule has 3 rings (SSSR count). The van der Waals surface area contributed by atoms with E-state index in [0.29, 0.717) is 16.6 Å². The molecule has 0 aliphatic heterocycles. The Morgan fingerprint density at radius 1 is 1.24 bits per heavy atom. The normalized spacial score (nSPS) is 11.8. The summed E-state index contributed by atoms with van der Waals surface area (Å²) in [6.45, 7) is 1.30. The second kappa shape index (κ2) is 8.87. The molecule has 29 heavy (non-hydrogen) atoms. The maximum absolute atomic E-state index is 13.3. The van der Waals surface area contributed by atoms with Crippen LogP contribution in [0.2, 0.25) is 0 Å². The third-order valence-corrected chi connectivity index (χ3v) is 5.18. The van der Waals surface area contributed by atoms with E-state index in [1.807, 2.05) is 0 Å². The van der Waals surface area contributed by atoms with Crippen molar-refractivity contribution in [1.82, 2.24) is 9.55 Å². The molecule has 0 spiro atoms. The fraction of sp³-hybridized carbons (Fsp3) is 0.200. The minimum atomic E-state index is -0.671. The van der Waals surface area contributed by atoms with Crippen molar-refractivity contribution in [3.05, 3.63) is 64.7 Å². The number of carbonyl (C=O) groups is 2. The second-order valence-corrected chi connectivity index (χ2v) is 7.45. The molecule has 1 atom stereocenters. The number of rotatable bonds is 6. The number of hydrogen-bond donors (Lipinski definition) is 1. The third kappa shape index (κ3) is 4.80. The van der Waals surface area contributed by atoms with E-state index >= 15 is 0 Å². The Labute approximate surface area is 169 Å². The number of hydrogen-bond acceptors (Lipinski definition) is 6. The molecule has 1 N–H and O–H groups in total. The Bertz CT molecular complexity index is 1130. The average molecular weight is 415 g/mol. The summed E-state index contributed by atoms with van der Waals surface area (Å²) in [4.78, 5) is 41.6. The first-order valence-corrected chi connectivity index (χ1v) is 9.56. The average Bonchev–Trinajstić information content (AvgIpc) is 2.70. The zero-order valence-electron chi connectivity index (χ0n) is 15.7. The number of esters is 1. The van der Waals surface area contributed by atoms with Crippen molar-refractivity contribution in [2.45, 2.75) is 23.9 Å². The quantitative estimate of drug-likeness (QED) is 0.378.